The number of nitro benzene ring substituents is 1. The van der Waals surface area contributed by atoms with Gasteiger partial charge in [0.1, 0.15) is 0 Å². The van der Waals surface area contributed by atoms with Crippen LogP contribution >= 0.6 is 0 Å². The fourth-order valence-corrected chi connectivity index (χ4v) is 2.04. The molecule has 2 aromatic rings. The number of nitrogens with two attached hydrogens (primary N) is 1. The SMILES string of the molecule is NC(CCc1ccc([N+](=O)[O-])c(F)c1)c1ccccc1. The van der Waals surface area contributed by atoms with Gasteiger partial charge in [-0.05, 0) is 30.0 Å². The highest BCUT2D eigenvalue weighted by atomic mass is 19.1. The molecule has 5 heteroatoms. The van der Waals surface area contributed by atoms with Crippen molar-refractivity contribution in [2.24, 2.45) is 5.73 Å². The fraction of sp³-hybridized carbons (Fsp3) is 0.200. The van der Waals surface area contributed by atoms with Crippen molar-refractivity contribution in [3.63, 3.8) is 0 Å². The van der Waals surface area contributed by atoms with Crippen LogP contribution in [0.5, 0.6) is 0 Å². The van der Waals surface area contributed by atoms with Crippen molar-refractivity contribution >= 4 is 5.69 Å². The Morgan fingerprint density at radius 1 is 1.20 bits per heavy atom. The molecular weight excluding hydrogens is 259 g/mol. The monoisotopic (exact) mass is 274 g/mol. The van der Waals surface area contributed by atoms with Crippen molar-refractivity contribution in [1.82, 2.24) is 0 Å². The van der Waals surface area contributed by atoms with E-state index in [0.717, 1.165) is 5.56 Å². The first-order valence-corrected chi connectivity index (χ1v) is 6.31. The summed E-state index contributed by atoms with van der Waals surface area (Å²) in [5.41, 5.74) is 7.29. The molecule has 0 aliphatic carbocycles. The van der Waals surface area contributed by atoms with E-state index in [2.05, 4.69) is 0 Å². The molecule has 0 saturated carbocycles. The molecule has 20 heavy (non-hydrogen) atoms. The zero-order chi connectivity index (χ0) is 14.5. The Morgan fingerprint density at radius 2 is 1.90 bits per heavy atom. The Kier molecular flexibility index (Phi) is 4.42. The van der Waals surface area contributed by atoms with Crippen molar-refractivity contribution in [3.05, 3.63) is 75.6 Å². The van der Waals surface area contributed by atoms with Gasteiger partial charge in [0.05, 0.1) is 4.92 Å². The number of nitrogens with zero attached hydrogens (tertiary/aromatic N) is 1. The fourth-order valence-electron chi connectivity index (χ4n) is 2.04. The van der Waals surface area contributed by atoms with E-state index >= 15 is 0 Å². The van der Waals surface area contributed by atoms with Gasteiger partial charge in [-0.25, -0.2) is 0 Å². The predicted molar refractivity (Wildman–Crippen MR) is 74.7 cm³/mol. The van der Waals surface area contributed by atoms with Crippen molar-refractivity contribution in [3.8, 4) is 0 Å². The first-order valence-electron chi connectivity index (χ1n) is 6.31. The predicted octanol–water partition coefficient (Wildman–Crippen LogP) is 3.37. The summed E-state index contributed by atoms with van der Waals surface area (Å²) in [6, 6.07) is 13.5. The third-order valence-electron chi connectivity index (χ3n) is 3.18. The Labute approximate surface area is 116 Å². The minimum atomic E-state index is -0.805. The molecule has 0 heterocycles. The summed E-state index contributed by atoms with van der Waals surface area (Å²) < 4.78 is 13.5. The van der Waals surface area contributed by atoms with E-state index in [9.17, 15) is 14.5 Å². The Hall–Kier alpha value is -2.27. The number of nitro groups is 1. The normalized spacial score (nSPS) is 12.1. The van der Waals surface area contributed by atoms with E-state index in [1.807, 2.05) is 30.3 Å². The lowest BCUT2D eigenvalue weighted by Gasteiger charge is -2.11. The smallest absolute Gasteiger partial charge is 0.304 e. The van der Waals surface area contributed by atoms with Crippen LogP contribution in [0.4, 0.5) is 10.1 Å². The van der Waals surface area contributed by atoms with Crippen LogP contribution in [0.1, 0.15) is 23.6 Å². The third kappa shape index (κ3) is 3.39. The third-order valence-corrected chi connectivity index (χ3v) is 3.18. The van der Waals surface area contributed by atoms with Crippen LogP contribution in [0, 0.1) is 15.9 Å². The molecule has 104 valence electrons. The standard InChI is InChI=1S/C15H15FN2O2/c16-13-10-11(7-9-15(13)18(19)20)6-8-14(17)12-4-2-1-3-5-12/h1-5,7,9-10,14H,6,8,17H2. The second-order valence-electron chi connectivity index (χ2n) is 4.60. The number of rotatable bonds is 5. The van der Waals surface area contributed by atoms with Crippen LogP contribution in [-0.4, -0.2) is 4.92 Å². The Morgan fingerprint density at radius 3 is 2.50 bits per heavy atom. The zero-order valence-electron chi connectivity index (χ0n) is 10.8. The van der Waals surface area contributed by atoms with Gasteiger partial charge in [-0.3, -0.25) is 10.1 Å². The van der Waals surface area contributed by atoms with Crippen molar-refractivity contribution in [2.45, 2.75) is 18.9 Å². The van der Waals surface area contributed by atoms with Gasteiger partial charge in [0, 0.05) is 12.1 Å². The van der Waals surface area contributed by atoms with Crippen molar-refractivity contribution < 1.29 is 9.31 Å². The molecule has 0 spiro atoms. The highest BCUT2D eigenvalue weighted by molar-refractivity contribution is 5.35. The molecule has 0 amide bonds. The summed E-state index contributed by atoms with van der Waals surface area (Å²) >= 11 is 0. The van der Waals surface area contributed by atoms with Gasteiger partial charge in [-0.1, -0.05) is 36.4 Å². The van der Waals surface area contributed by atoms with Gasteiger partial charge in [0.15, 0.2) is 0 Å². The average Bonchev–Trinajstić information content (AvgIpc) is 2.45. The number of aryl methyl sites for hydroxylation is 1. The summed E-state index contributed by atoms with van der Waals surface area (Å²) in [6.45, 7) is 0. The van der Waals surface area contributed by atoms with Gasteiger partial charge in [0.25, 0.3) is 0 Å². The van der Waals surface area contributed by atoms with E-state index in [1.54, 1.807) is 6.07 Å². The number of hydrogen-bond donors (Lipinski definition) is 1. The lowest BCUT2D eigenvalue weighted by Crippen LogP contribution is -2.11. The van der Waals surface area contributed by atoms with Crippen LogP contribution in [0.2, 0.25) is 0 Å². The molecule has 1 atom stereocenters. The van der Waals surface area contributed by atoms with Crippen LogP contribution in [0.3, 0.4) is 0 Å². The molecule has 0 radical (unpaired) electrons. The number of benzene rings is 2. The minimum Gasteiger partial charge on any atom is -0.324 e. The summed E-state index contributed by atoms with van der Waals surface area (Å²) in [5, 5.41) is 10.5. The molecule has 2 aromatic carbocycles. The van der Waals surface area contributed by atoms with Crippen LogP contribution in [0.25, 0.3) is 0 Å². The molecule has 0 saturated heterocycles. The van der Waals surface area contributed by atoms with E-state index in [0.29, 0.717) is 18.4 Å². The largest absolute Gasteiger partial charge is 0.324 e. The summed E-state index contributed by atoms with van der Waals surface area (Å²) in [7, 11) is 0. The Bertz CT molecular complexity index is 602. The second-order valence-corrected chi connectivity index (χ2v) is 4.60. The topological polar surface area (TPSA) is 69.2 Å². The zero-order valence-corrected chi connectivity index (χ0v) is 10.8. The molecule has 0 fully saturated rings. The summed E-state index contributed by atoms with van der Waals surface area (Å²) in [5.74, 6) is -0.805. The quantitative estimate of drug-likeness (QED) is 0.671. The van der Waals surface area contributed by atoms with Gasteiger partial charge < -0.3 is 5.73 Å². The summed E-state index contributed by atoms with van der Waals surface area (Å²) in [4.78, 5) is 9.80. The van der Waals surface area contributed by atoms with E-state index in [-0.39, 0.29) is 6.04 Å². The van der Waals surface area contributed by atoms with Gasteiger partial charge >= 0.3 is 5.69 Å². The molecule has 0 aliphatic rings. The van der Waals surface area contributed by atoms with Crippen LogP contribution < -0.4 is 5.73 Å². The maximum atomic E-state index is 13.5. The number of hydrogen-bond acceptors (Lipinski definition) is 3. The lowest BCUT2D eigenvalue weighted by atomic mass is 9.99. The molecular formula is C15H15FN2O2. The molecule has 2 N–H and O–H groups in total. The number of halogens is 1. The lowest BCUT2D eigenvalue weighted by molar-refractivity contribution is -0.387. The maximum Gasteiger partial charge on any atom is 0.304 e. The van der Waals surface area contributed by atoms with E-state index in [4.69, 9.17) is 5.73 Å². The molecule has 0 aromatic heterocycles. The van der Waals surface area contributed by atoms with Gasteiger partial charge in [0.2, 0.25) is 5.82 Å². The van der Waals surface area contributed by atoms with Crippen LogP contribution in [-0.2, 0) is 6.42 Å². The van der Waals surface area contributed by atoms with Gasteiger partial charge in [-0.15, -0.1) is 0 Å². The molecule has 0 aliphatic heterocycles. The Balaban J connectivity index is 2.01. The average molecular weight is 274 g/mol. The van der Waals surface area contributed by atoms with E-state index < -0.39 is 16.4 Å². The molecule has 4 nitrogen and oxygen atoms in total. The minimum absolute atomic E-state index is 0.130. The first-order chi connectivity index (χ1) is 9.58. The highest BCUT2D eigenvalue weighted by Gasteiger charge is 2.14. The van der Waals surface area contributed by atoms with Crippen molar-refractivity contribution in [1.29, 1.82) is 0 Å². The van der Waals surface area contributed by atoms with E-state index in [1.165, 1.54) is 12.1 Å². The second kappa shape index (κ2) is 6.25. The summed E-state index contributed by atoms with van der Waals surface area (Å²) in [6.07, 6.45) is 1.23. The molecule has 1 unspecified atom stereocenters. The maximum absolute atomic E-state index is 13.5. The first kappa shape index (κ1) is 14.1. The van der Waals surface area contributed by atoms with Crippen LogP contribution in [0.15, 0.2) is 48.5 Å². The molecule has 0 bridgehead atoms. The van der Waals surface area contributed by atoms with Crippen molar-refractivity contribution in [2.75, 3.05) is 0 Å². The molecule has 2 rings (SSSR count). The highest BCUT2D eigenvalue weighted by Crippen LogP contribution is 2.21. The van der Waals surface area contributed by atoms with Gasteiger partial charge in [-0.2, -0.15) is 4.39 Å².